The van der Waals surface area contributed by atoms with E-state index < -0.39 is 8.32 Å². The van der Waals surface area contributed by atoms with Crippen LogP contribution in [0.2, 0.25) is 19.6 Å². The lowest BCUT2D eigenvalue weighted by Gasteiger charge is -2.23. The Labute approximate surface area is 89.4 Å². The quantitative estimate of drug-likeness (QED) is 0.528. The smallest absolute Gasteiger partial charge is 0.241 e. The van der Waals surface area contributed by atoms with E-state index in [1.54, 1.807) is 6.26 Å². The van der Waals surface area contributed by atoms with E-state index in [1.165, 1.54) is 0 Å². The summed E-state index contributed by atoms with van der Waals surface area (Å²) < 4.78 is 11.3. The molecular formula is C11H24O2Si. The van der Waals surface area contributed by atoms with Crippen LogP contribution in [0.3, 0.4) is 0 Å². The molecule has 1 unspecified atom stereocenters. The Hall–Kier alpha value is -0.283. The van der Waals surface area contributed by atoms with Crippen molar-refractivity contribution in [2.45, 2.75) is 59.0 Å². The molecule has 0 aliphatic carbocycles. The Morgan fingerprint density at radius 1 is 1.14 bits per heavy atom. The summed E-state index contributed by atoms with van der Waals surface area (Å²) in [7, 11) is -1.43. The molecule has 0 heterocycles. The first-order chi connectivity index (χ1) is 6.10. The highest BCUT2D eigenvalue weighted by molar-refractivity contribution is 6.69. The zero-order chi connectivity index (χ0) is 11.4. The van der Waals surface area contributed by atoms with Gasteiger partial charge >= 0.3 is 0 Å². The molecule has 0 radical (unpaired) electrons. The first kappa shape index (κ1) is 13.7. The van der Waals surface area contributed by atoms with Gasteiger partial charge in [0.15, 0.2) is 0 Å². The molecule has 0 aliphatic rings. The lowest BCUT2D eigenvalue weighted by molar-refractivity contribution is -0.0303. The molecule has 14 heavy (non-hydrogen) atoms. The van der Waals surface area contributed by atoms with Gasteiger partial charge in [0.1, 0.15) is 0 Å². The zero-order valence-electron chi connectivity index (χ0n) is 10.5. The third-order valence-corrected chi connectivity index (χ3v) is 2.15. The molecule has 0 fully saturated rings. The number of hydrogen-bond acceptors (Lipinski definition) is 2. The van der Waals surface area contributed by atoms with Crippen molar-refractivity contribution in [3.05, 3.63) is 12.3 Å². The zero-order valence-corrected chi connectivity index (χ0v) is 11.5. The van der Waals surface area contributed by atoms with E-state index in [2.05, 4.69) is 40.4 Å². The van der Waals surface area contributed by atoms with Crippen LogP contribution in [-0.4, -0.2) is 20.0 Å². The maximum atomic E-state index is 5.70. The summed E-state index contributed by atoms with van der Waals surface area (Å²) >= 11 is 0. The summed E-state index contributed by atoms with van der Waals surface area (Å²) in [5.74, 6) is 0. The summed E-state index contributed by atoms with van der Waals surface area (Å²) in [5, 5.41) is 0. The normalized spacial score (nSPS) is 15.9. The van der Waals surface area contributed by atoms with E-state index >= 15 is 0 Å². The molecule has 1 atom stereocenters. The van der Waals surface area contributed by atoms with Gasteiger partial charge in [-0.05, 0) is 53.4 Å². The molecule has 0 aromatic rings. The van der Waals surface area contributed by atoms with E-state index in [9.17, 15) is 0 Å². The fourth-order valence-corrected chi connectivity index (χ4v) is 1.44. The molecule has 0 aromatic heterocycles. The molecule has 0 spiro atoms. The minimum absolute atomic E-state index is 0.0943. The number of rotatable bonds is 4. The van der Waals surface area contributed by atoms with Gasteiger partial charge in [-0.25, -0.2) is 0 Å². The molecule has 3 heteroatoms. The highest BCUT2D eigenvalue weighted by Crippen LogP contribution is 2.11. The Kier molecular flexibility index (Phi) is 4.88. The summed E-state index contributed by atoms with van der Waals surface area (Å²) in [6, 6.07) is 0. The Balaban J connectivity index is 3.89. The van der Waals surface area contributed by atoms with Gasteiger partial charge in [-0.1, -0.05) is 0 Å². The van der Waals surface area contributed by atoms with Gasteiger partial charge in [0.2, 0.25) is 8.32 Å². The molecule has 0 saturated heterocycles. The van der Waals surface area contributed by atoms with Crippen LogP contribution in [0.5, 0.6) is 0 Å². The van der Waals surface area contributed by atoms with Gasteiger partial charge in [0.25, 0.3) is 0 Å². The third kappa shape index (κ3) is 9.80. The van der Waals surface area contributed by atoms with E-state index in [-0.39, 0.29) is 11.7 Å². The summed E-state index contributed by atoms with van der Waals surface area (Å²) in [4.78, 5) is 0. The van der Waals surface area contributed by atoms with Crippen molar-refractivity contribution in [3.63, 3.8) is 0 Å². The van der Waals surface area contributed by atoms with Crippen LogP contribution in [0.15, 0.2) is 12.3 Å². The third-order valence-electron chi connectivity index (χ3n) is 1.31. The highest BCUT2D eigenvalue weighted by atomic mass is 28.4. The largest absolute Gasteiger partial charge is 0.550 e. The molecule has 0 aromatic carbocycles. The van der Waals surface area contributed by atoms with Gasteiger partial charge in [-0.3, -0.25) is 0 Å². The van der Waals surface area contributed by atoms with Gasteiger partial charge in [0, 0.05) is 0 Å². The van der Waals surface area contributed by atoms with E-state index in [0.717, 1.165) is 0 Å². The molecule has 0 aliphatic heterocycles. The maximum absolute atomic E-state index is 5.70. The Morgan fingerprint density at radius 2 is 1.64 bits per heavy atom. The second-order valence-electron chi connectivity index (χ2n) is 5.49. The maximum Gasteiger partial charge on any atom is 0.241 e. The molecule has 0 amide bonds. The van der Waals surface area contributed by atoms with Crippen molar-refractivity contribution in [2.75, 3.05) is 0 Å². The van der Waals surface area contributed by atoms with E-state index in [1.807, 2.05) is 13.0 Å². The summed E-state index contributed by atoms with van der Waals surface area (Å²) in [5.41, 5.74) is -0.0943. The lowest BCUT2D eigenvalue weighted by atomic mass is 10.2. The minimum Gasteiger partial charge on any atom is -0.550 e. The first-order valence-corrected chi connectivity index (χ1v) is 8.53. The van der Waals surface area contributed by atoms with Crippen LogP contribution in [0, 0.1) is 0 Å². The predicted molar refractivity (Wildman–Crippen MR) is 63.9 cm³/mol. The first-order valence-electron chi connectivity index (χ1n) is 5.12. The van der Waals surface area contributed by atoms with Crippen molar-refractivity contribution < 1.29 is 9.16 Å². The van der Waals surface area contributed by atoms with Crippen molar-refractivity contribution in [1.29, 1.82) is 0 Å². The number of ether oxygens (including phenoxy) is 1. The van der Waals surface area contributed by atoms with E-state index in [0.29, 0.717) is 0 Å². The van der Waals surface area contributed by atoms with Gasteiger partial charge in [0.05, 0.1) is 18.0 Å². The average molecular weight is 216 g/mol. The minimum atomic E-state index is -1.43. The molecule has 2 nitrogen and oxygen atoms in total. The fourth-order valence-electron chi connectivity index (χ4n) is 0.951. The van der Waals surface area contributed by atoms with Crippen molar-refractivity contribution in [1.82, 2.24) is 0 Å². The van der Waals surface area contributed by atoms with Crippen molar-refractivity contribution >= 4 is 8.32 Å². The van der Waals surface area contributed by atoms with Crippen LogP contribution in [0.25, 0.3) is 0 Å². The molecule has 0 rings (SSSR count). The van der Waals surface area contributed by atoms with Crippen LogP contribution in [0.4, 0.5) is 0 Å². The summed E-state index contributed by atoms with van der Waals surface area (Å²) in [6.07, 6.45) is 3.85. The Morgan fingerprint density at radius 3 is 2.00 bits per heavy atom. The molecule has 0 N–H and O–H groups in total. The van der Waals surface area contributed by atoms with Crippen molar-refractivity contribution in [3.8, 4) is 0 Å². The van der Waals surface area contributed by atoms with Gasteiger partial charge < -0.3 is 9.16 Å². The van der Waals surface area contributed by atoms with Crippen LogP contribution < -0.4 is 0 Å². The molecule has 84 valence electrons. The average Bonchev–Trinajstić information content (AvgIpc) is 1.78. The number of hydrogen-bond donors (Lipinski definition) is 0. The summed E-state index contributed by atoms with van der Waals surface area (Å²) in [6.45, 7) is 14.7. The van der Waals surface area contributed by atoms with E-state index in [4.69, 9.17) is 9.16 Å². The molecule has 0 bridgehead atoms. The van der Waals surface area contributed by atoms with Gasteiger partial charge in [-0.15, -0.1) is 0 Å². The molecular weight excluding hydrogens is 192 g/mol. The topological polar surface area (TPSA) is 18.5 Å². The standard InChI is InChI=1S/C11H24O2Si/c1-10(13-11(2,3)4)8-9-12-14(5,6)7/h8-10H,1-7H3/b9-8+. The SMILES string of the molecule is CC(/C=C/O[Si](C)(C)C)OC(C)(C)C. The molecule has 0 saturated carbocycles. The van der Waals surface area contributed by atoms with Gasteiger partial charge in [-0.2, -0.15) is 0 Å². The predicted octanol–water partition coefficient (Wildman–Crippen LogP) is 3.56. The second-order valence-corrected chi connectivity index (χ2v) is 9.95. The second kappa shape index (κ2) is 4.98. The van der Waals surface area contributed by atoms with Crippen LogP contribution in [0.1, 0.15) is 27.7 Å². The Bertz CT molecular complexity index is 186. The van der Waals surface area contributed by atoms with Crippen molar-refractivity contribution in [2.24, 2.45) is 0 Å². The monoisotopic (exact) mass is 216 g/mol. The lowest BCUT2D eigenvalue weighted by Crippen LogP contribution is -2.25. The van der Waals surface area contributed by atoms with Crippen LogP contribution >= 0.6 is 0 Å². The fraction of sp³-hybridized carbons (Fsp3) is 0.818. The van der Waals surface area contributed by atoms with Crippen LogP contribution in [-0.2, 0) is 9.16 Å². The highest BCUT2D eigenvalue weighted by Gasteiger charge is 2.15.